The quantitative estimate of drug-likeness (QED) is 0.910. The van der Waals surface area contributed by atoms with E-state index in [9.17, 15) is 9.59 Å². The van der Waals surface area contributed by atoms with E-state index >= 15 is 0 Å². The average molecular weight is 295 g/mol. The lowest BCUT2D eigenvalue weighted by Gasteiger charge is -2.47. The first-order valence-electron chi connectivity index (χ1n) is 6.54. The molecule has 0 spiro atoms. The van der Waals surface area contributed by atoms with Crippen molar-refractivity contribution in [2.75, 3.05) is 0 Å². The number of nitrogens with zero attached hydrogens (tertiary/aromatic N) is 1. The number of hydrogen-bond donors (Lipinski definition) is 1. The first-order chi connectivity index (χ1) is 9.14. The number of nitrogens with one attached hydrogen (secondary N) is 1. The summed E-state index contributed by atoms with van der Waals surface area (Å²) >= 11 is 5.97. The normalized spacial score (nSPS) is 20.8. The van der Waals surface area contributed by atoms with Crippen molar-refractivity contribution in [2.24, 2.45) is 0 Å². The molecule has 1 N–H and O–H groups in total. The van der Waals surface area contributed by atoms with Crippen molar-refractivity contribution in [3.8, 4) is 0 Å². The van der Waals surface area contributed by atoms with E-state index in [-0.39, 0.29) is 11.8 Å². The molecule has 0 bridgehead atoms. The van der Waals surface area contributed by atoms with Gasteiger partial charge < -0.3 is 10.2 Å². The van der Waals surface area contributed by atoms with Crippen molar-refractivity contribution in [3.63, 3.8) is 0 Å². The maximum atomic E-state index is 12.6. The van der Waals surface area contributed by atoms with Gasteiger partial charge in [0.1, 0.15) is 11.1 Å². The van der Waals surface area contributed by atoms with Crippen molar-refractivity contribution < 1.29 is 9.59 Å². The lowest BCUT2D eigenvalue weighted by Crippen LogP contribution is -2.71. The van der Waals surface area contributed by atoms with Crippen LogP contribution in [0.25, 0.3) is 0 Å². The number of hydrogen-bond acceptors (Lipinski definition) is 2. The number of rotatable bonds is 2. The minimum absolute atomic E-state index is 0.0953. The molecule has 5 heteroatoms. The Morgan fingerprint density at radius 3 is 2.45 bits per heavy atom. The zero-order chi connectivity index (χ0) is 15.1. The Bertz CT molecular complexity index is 567. The van der Waals surface area contributed by atoms with Crippen LogP contribution in [0.4, 0.5) is 0 Å². The molecule has 1 aliphatic rings. The fraction of sp³-hybridized carbons (Fsp3) is 0.467. The van der Waals surface area contributed by atoms with Gasteiger partial charge in [0.2, 0.25) is 11.8 Å². The van der Waals surface area contributed by atoms with Crippen LogP contribution in [0, 0.1) is 0 Å². The van der Waals surface area contributed by atoms with Crippen LogP contribution in [0.2, 0.25) is 5.02 Å². The SMILES string of the molecule is CC1(C)NC(=O)C(C)(C)N(Cc2cccc(Cl)c2)C1=O. The van der Waals surface area contributed by atoms with Crippen LogP contribution in [-0.2, 0) is 16.1 Å². The number of amides is 2. The third kappa shape index (κ3) is 2.52. The first-order valence-corrected chi connectivity index (χ1v) is 6.91. The lowest BCUT2D eigenvalue weighted by molar-refractivity contribution is -0.160. The maximum absolute atomic E-state index is 12.6. The average Bonchev–Trinajstić information content (AvgIpc) is 2.33. The van der Waals surface area contributed by atoms with Crippen molar-refractivity contribution in [2.45, 2.75) is 45.3 Å². The summed E-state index contributed by atoms with van der Waals surface area (Å²) in [6.07, 6.45) is 0. The summed E-state index contributed by atoms with van der Waals surface area (Å²) in [7, 11) is 0. The molecular formula is C15H19ClN2O2. The summed E-state index contributed by atoms with van der Waals surface area (Å²) in [6, 6.07) is 7.33. The first kappa shape index (κ1) is 14.9. The number of halogens is 1. The van der Waals surface area contributed by atoms with E-state index in [1.54, 1.807) is 38.7 Å². The zero-order valence-electron chi connectivity index (χ0n) is 12.2. The molecule has 1 saturated heterocycles. The van der Waals surface area contributed by atoms with E-state index in [1.165, 1.54) is 0 Å². The molecule has 0 aliphatic carbocycles. The predicted octanol–water partition coefficient (Wildman–Crippen LogP) is 2.36. The predicted molar refractivity (Wildman–Crippen MR) is 78.3 cm³/mol. The van der Waals surface area contributed by atoms with Crippen LogP contribution in [0.5, 0.6) is 0 Å². The molecule has 0 unspecified atom stereocenters. The molecule has 1 aromatic rings. The molecule has 108 valence electrons. The van der Waals surface area contributed by atoms with Crippen LogP contribution in [0.1, 0.15) is 33.3 Å². The van der Waals surface area contributed by atoms with Gasteiger partial charge in [0, 0.05) is 11.6 Å². The van der Waals surface area contributed by atoms with E-state index in [1.807, 2.05) is 18.2 Å². The summed E-state index contributed by atoms with van der Waals surface area (Å²) in [6.45, 7) is 7.30. The van der Waals surface area contributed by atoms with Gasteiger partial charge >= 0.3 is 0 Å². The molecule has 0 radical (unpaired) electrons. The van der Waals surface area contributed by atoms with Crippen molar-refractivity contribution >= 4 is 23.4 Å². The summed E-state index contributed by atoms with van der Waals surface area (Å²) in [5.41, 5.74) is -0.857. The van der Waals surface area contributed by atoms with E-state index in [0.29, 0.717) is 11.6 Å². The number of benzene rings is 1. The van der Waals surface area contributed by atoms with Gasteiger partial charge in [0.15, 0.2) is 0 Å². The van der Waals surface area contributed by atoms with Gasteiger partial charge in [0.05, 0.1) is 0 Å². The number of piperazine rings is 1. The highest BCUT2D eigenvalue weighted by Gasteiger charge is 2.49. The monoisotopic (exact) mass is 294 g/mol. The Hall–Kier alpha value is -1.55. The van der Waals surface area contributed by atoms with Gasteiger partial charge in [-0.05, 0) is 45.4 Å². The van der Waals surface area contributed by atoms with E-state index in [4.69, 9.17) is 11.6 Å². The molecule has 2 rings (SSSR count). The standard InChI is InChI=1S/C15H19ClN2O2/c1-14(2)13(20)18(15(3,4)12(19)17-14)9-10-6-5-7-11(16)8-10/h5-8H,9H2,1-4H3,(H,17,19). The van der Waals surface area contributed by atoms with E-state index in [2.05, 4.69) is 5.32 Å². The van der Waals surface area contributed by atoms with E-state index in [0.717, 1.165) is 5.56 Å². The van der Waals surface area contributed by atoms with E-state index < -0.39 is 11.1 Å². The zero-order valence-corrected chi connectivity index (χ0v) is 12.9. The van der Waals surface area contributed by atoms with Crippen LogP contribution in [0.15, 0.2) is 24.3 Å². The molecule has 20 heavy (non-hydrogen) atoms. The molecule has 1 fully saturated rings. The van der Waals surface area contributed by atoms with Crippen LogP contribution in [0.3, 0.4) is 0 Å². The third-order valence-corrected chi connectivity index (χ3v) is 3.90. The molecule has 1 aromatic carbocycles. The van der Waals surface area contributed by atoms with Crippen LogP contribution < -0.4 is 5.32 Å². The highest BCUT2D eigenvalue weighted by Crippen LogP contribution is 2.28. The Balaban J connectivity index is 2.36. The molecule has 1 aliphatic heterocycles. The van der Waals surface area contributed by atoms with Crippen molar-refractivity contribution in [1.29, 1.82) is 0 Å². The Morgan fingerprint density at radius 1 is 1.20 bits per heavy atom. The second-order valence-corrected chi connectivity index (χ2v) is 6.60. The van der Waals surface area contributed by atoms with Gasteiger partial charge in [-0.1, -0.05) is 23.7 Å². The Labute approximate surface area is 124 Å². The summed E-state index contributed by atoms with van der Waals surface area (Å²) in [5, 5.41) is 3.39. The van der Waals surface area contributed by atoms with Gasteiger partial charge in [-0.2, -0.15) is 0 Å². The number of carbonyl (C=O) groups excluding carboxylic acids is 2. The molecular weight excluding hydrogens is 276 g/mol. The molecule has 4 nitrogen and oxygen atoms in total. The molecule has 0 atom stereocenters. The second-order valence-electron chi connectivity index (χ2n) is 6.16. The van der Waals surface area contributed by atoms with Gasteiger partial charge in [-0.15, -0.1) is 0 Å². The largest absolute Gasteiger partial charge is 0.340 e. The highest BCUT2D eigenvalue weighted by atomic mass is 35.5. The minimum Gasteiger partial charge on any atom is -0.340 e. The number of carbonyl (C=O) groups is 2. The van der Waals surface area contributed by atoms with Gasteiger partial charge in [-0.3, -0.25) is 9.59 Å². The van der Waals surface area contributed by atoms with Crippen molar-refractivity contribution in [3.05, 3.63) is 34.9 Å². The van der Waals surface area contributed by atoms with Gasteiger partial charge in [-0.25, -0.2) is 0 Å². The topological polar surface area (TPSA) is 49.4 Å². The third-order valence-electron chi connectivity index (χ3n) is 3.67. The smallest absolute Gasteiger partial charge is 0.248 e. The Kier molecular flexibility index (Phi) is 3.54. The van der Waals surface area contributed by atoms with Crippen molar-refractivity contribution in [1.82, 2.24) is 10.2 Å². The molecule has 0 aromatic heterocycles. The second kappa shape index (κ2) is 4.77. The van der Waals surface area contributed by atoms with Crippen LogP contribution in [-0.4, -0.2) is 27.8 Å². The molecule has 1 heterocycles. The fourth-order valence-electron chi connectivity index (χ4n) is 2.29. The summed E-state index contributed by atoms with van der Waals surface area (Å²) in [4.78, 5) is 26.4. The van der Waals surface area contributed by atoms with Gasteiger partial charge in [0.25, 0.3) is 0 Å². The molecule has 0 saturated carbocycles. The Morgan fingerprint density at radius 2 is 1.85 bits per heavy atom. The lowest BCUT2D eigenvalue weighted by atomic mass is 9.89. The maximum Gasteiger partial charge on any atom is 0.248 e. The summed E-state index contributed by atoms with van der Waals surface area (Å²) < 4.78 is 0. The minimum atomic E-state index is -0.884. The highest BCUT2D eigenvalue weighted by molar-refractivity contribution is 6.30. The van der Waals surface area contributed by atoms with Crippen LogP contribution >= 0.6 is 11.6 Å². The molecule has 2 amide bonds. The summed E-state index contributed by atoms with van der Waals surface area (Å²) in [5.74, 6) is -0.244. The fourth-order valence-corrected chi connectivity index (χ4v) is 2.50.